The zero-order chi connectivity index (χ0) is 28.6. The van der Waals surface area contributed by atoms with E-state index in [1.807, 2.05) is 53.1 Å². The van der Waals surface area contributed by atoms with E-state index in [0.717, 1.165) is 42.8 Å². The summed E-state index contributed by atoms with van der Waals surface area (Å²) < 4.78 is 5.49. The maximum absolute atomic E-state index is 13.4. The van der Waals surface area contributed by atoms with E-state index in [4.69, 9.17) is 10.5 Å². The van der Waals surface area contributed by atoms with Gasteiger partial charge >= 0.3 is 0 Å². The Morgan fingerprint density at radius 3 is 2.41 bits per heavy atom. The molecule has 41 heavy (non-hydrogen) atoms. The first-order valence-electron chi connectivity index (χ1n) is 14.2. The predicted molar refractivity (Wildman–Crippen MR) is 163 cm³/mol. The van der Waals surface area contributed by atoms with Gasteiger partial charge in [-0.05, 0) is 98.1 Å². The molecule has 0 unspecified atom stereocenters. The van der Waals surface area contributed by atoms with Crippen molar-refractivity contribution in [3.05, 3.63) is 83.4 Å². The number of carbonyl (C=O) groups is 3. The Morgan fingerprint density at radius 1 is 0.951 bits per heavy atom. The molecule has 4 N–H and O–H groups in total. The van der Waals surface area contributed by atoms with Gasteiger partial charge in [0.15, 0.2) is 6.61 Å². The van der Waals surface area contributed by atoms with Gasteiger partial charge in [-0.2, -0.15) is 0 Å². The molecule has 0 spiro atoms. The number of rotatable bonds is 13. The molecule has 2 aliphatic rings. The zero-order valence-electron chi connectivity index (χ0n) is 23.1. The molecule has 3 aromatic carbocycles. The van der Waals surface area contributed by atoms with Gasteiger partial charge in [0.1, 0.15) is 5.75 Å². The Kier molecular flexibility index (Phi) is 9.59. The van der Waals surface area contributed by atoms with Crippen LogP contribution in [0.3, 0.4) is 0 Å². The van der Waals surface area contributed by atoms with Crippen molar-refractivity contribution in [3.8, 4) is 5.75 Å². The summed E-state index contributed by atoms with van der Waals surface area (Å²) in [5.41, 5.74) is 8.90. The van der Waals surface area contributed by atoms with Crippen LogP contribution in [0.2, 0.25) is 0 Å². The van der Waals surface area contributed by atoms with Crippen LogP contribution < -0.4 is 21.1 Å². The number of benzene rings is 3. The van der Waals surface area contributed by atoms with Gasteiger partial charge < -0.3 is 26.0 Å². The van der Waals surface area contributed by atoms with Gasteiger partial charge in [-0.1, -0.05) is 25.0 Å². The highest BCUT2D eigenvalue weighted by atomic mass is 32.2. The molecule has 0 aromatic heterocycles. The predicted octanol–water partition coefficient (Wildman–Crippen LogP) is 5.69. The van der Waals surface area contributed by atoms with Crippen molar-refractivity contribution in [1.29, 1.82) is 0 Å². The number of nitrogens with one attached hydrogen (secondary N) is 2. The first-order chi connectivity index (χ1) is 20.0. The van der Waals surface area contributed by atoms with Crippen LogP contribution in [0.4, 0.5) is 11.4 Å². The third-order valence-electron chi connectivity index (χ3n) is 7.16. The van der Waals surface area contributed by atoms with E-state index in [9.17, 15) is 14.4 Å². The monoisotopic (exact) mass is 572 g/mol. The normalized spacial score (nSPS) is 14.0. The highest BCUT2D eigenvalue weighted by Crippen LogP contribution is 2.33. The van der Waals surface area contributed by atoms with Gasteiger partial charge in [-0.15, -0.1) is 11.8 Å². The largest absolute Gasteiger partial charge is 0.482 e. The van der Waals surface area contributed by atoms with E-state index >= 15 is 0 Å². The van der Waals surface area contributed by atoms with Crippen LogP contribution in [0.1, 0.15) is 64.8 Å². The molecule has 5 rings (SSSR count). The van der Waals surface area contributed by atoms with Gasteiger partial charge in [-0.25, -0.2) is 0 Å². The second kappa shape index (κ2) is 13.7. The SMILES string of the molecule is NCCCCCCSc1ccc(NC(=O)c2ccc(CN(C(=O)c3ccc4c(c3)OCC(=O)N4)C3CC3)cc2)cc1. The first-order valence-corrected chi connectivity index (χ1v) is 15.2. The average molecular weight is 573 g/mol. The Bertz CT molecular complexity index is 1370. The van der Waals surface area contributed by atoms with Crippen LogP contribution in [0.15, 0.2) is 71.6 Å². The van der Waals surface area contributed by atoms with E-state index in [0.29, 0.717) is 29.1 Å². The lowest BCUT2D eigenvalue weighted by Gasteiger charge is -2.24. The number of hydrogen-bond donors (Lipinski definition) is 3. The fourth-order valence-corrected chi connectivity index (χ4v) is 5.63. The fourth-order valence-electron chi connectivity index (χ4n) is 4.71. The summed E-state index contributed by atoms with van der Waals surface area (Å²) in [6.45, 7) is 1.16. The minimum atomic E-state index is -0.207. The lowest BCUT2D eigenvalue weighted by Crippen LogP contribution is -2.33. The zero-order valence-corrected chi connectivity index (χ0v) is 23.9. The standard InChI is InChI=1S/C32H36N4O4S/c33-17-3-1-2-4-18-41-27-14-10-25(11-15-27)34-31(38)23-7-5-22(6-8-23)20-36(26-12-13-26)32(39)24-9-16-28-29(19-24)40-21-30(37)35-28/h5-11,14-16,19,26H,1-4,12-13,17-18,20-21,33H2,(H,34,38)(H,35,37). The molecule has 1 aliphatic carbocycles. The number of anilines is 2. The number of amides is 3. The Labute approximate surface area is 245 Å². The highest BCUT2D eigenvalue weighted by Gasteiger charge is 2.33. The molecule has 0 bridgehead atoms. The first kappa shape index (κ1) is 28.7. The number of thioether (sulfide) groups is 1. The van der Waals surface area contributed by atoms with E-state index in [-0.39, 0.29) is 30.4 Å². The van der Waals surface area contributed by atoms with E-state index in [2.05, 4.69) is 10.6 Å². The van der Waals surface area contributed by atoms with Crippen LogP contribution in [0.5, 0.6) is 5.75 Å². The number of fused-ring (bicyclic) bond motifs is 1. The highest BCUT2D eigenvalue weighted by molar-refractivity contribution is 7.99. The average Bonchev–Trinajstić information content (AvgIpc) is 3.84. The van der Waals surface area contributed by atoms with Crippen molar-refractivity contribution < 1.29 is 19.1 Å². The van der Waals surface area contributed by atoms with Crippen molar-refractivity contribution in [2.24, 2.45) is 5.73 Å². The molecule has 0 radical (unpaired) electrons. The fraction of sp³-hybridized carbons (Fsp3) is 0.344. The maximum Gasteiger partial charge on any atom is 0.262 e. The Balaban J connectivity index is 1.14. The van der Waals surface area contributed by atoms with Crippen LogP contribution in [0, 0.1) is 0 Å². The number of hydrogen-bond acceptors (Lipinski definition) is 6. The minimum absolute atomic E-state index is 0.0580. The minimum Gasteiger partial charge on any atom is -0.482 e. The van der Waals surface area contributed by atoms with Crippen LogP contribution in [-0.2, 0) is 11.3 Å². The smallest absolute Gasteiger partial charge is 0.262 e. The molecule has 9 heteroatoms. The van der Waals surface area contributed by atoms with Crippen molar-refractivity contribution in [2.75, 3.05) is 29.5 Å². The molecule has 0 atom stereocenters. The number of nitrogens with zero attached hydrogens (tertiary/aromatic N) is 1. The van der Waals surface area contributed by atoms with Crippen molar-refractivity contribution in [1.82, 2.24) is 4.90 Å². The summed E-state index contributed by atoms with van der Waals surface area (Å²) in [4.78, 5) is 40.9. The van der Waals surface area contributed by atoms with Crippen molar-refractivity contribution in [3.63, 3.8) is 0 Å². The topological polar surface area (TPSA) is 114 Å². The van der Waals surface area contributed by atoms with Crippen molar-refractivity contribution >= 4 is 40.9 Å². The Morgan fingerprint density at radius 2 is 1.68 bits per heavy atom. The van der Waals surface area contributed by atoms with Gasteiger partial charge in [0.2, 0.25) is 0 Å². The summed E-state index contributed by atoms with van der Waals surface area (Å²) in [6.07, 6.45) is 6.60. The number of ether oxygens (including phenoxy) is 1. The third-order valence-corrected chi connectivity index (χ3v) is 8.26. The molecule has 1 aliphatic heterocycles. The van der Waals surface area contributed by atoms with E-state index in [1.165, 1.54) is 24.2 Å². The van der Waals surface area contributed by atoms with Gasteiger partial charge in [0, 0.05) is 34.3 Å². The van der Waals surface area contributed by atoms with Gasteiger partial charge in [-0.3, -0.25) is 14.4 Å². The number of carbonyl (C=O) groups excluding carboxylic acids is 3. The molecule has 1 fully saturated rings. The second-order valence-electron chi connectivity index (χ2n) is 10.4. The number of nitrogens with two attached hydrogens (primary N) is 1. The summed E-state index contributed by atoms with van der Waals surface area (Å²) >= 11 is 1.83. The molecule has 3 aromatic rings. The number of unbranched alkanes of at least 4 members (excludes halogenated alkanes) is 3. The van der Waals surface area contributed by atoms with E-state index in [1.54, 1.807) is 30.3 Å². The second-order valence-corrected chi connectivity index (χ2v) is 11.6. The molecule has 1 saturated carbocycles. The van der Waals surface area contributed by atoms with Crippen LogP contribution in [-0.4, -0.2) is 47.6 Å². The molecule has 3 amide bonds. The third kappa shape index (κ3) is 7.89. The van der Waals surface area contributed by atoms with Gasteiger partial charge in [0.05, 0.1) is 5.69 Å². The molecular weight excluding hydrogens is 536 g/mol. The lowest BCUT2D eigenvalue weighted by molar-refractivity contribution is -0.118. The van der Waals surface area contributed by atoms with Crippen LogP contribution >= 0.6 is 11.8 Å². The summed E-state index contributed by atoms with van der Waals surface area (Å²) in [6, 6.07) is 20.6. The quantitative estimate of drug-likeness (QED) is 0.179. The summed E-state index contributed by atoms with van der Waals surface area (Å²) in [5, 5.41) is 5.72. The maximum atomic E-state index is 13.4. The summed E-state index contributed by atoms with van der Waals surface area (Å²) in [7, 11) is 0. The molecule has 0 saturated heterocycles. The summed E-state index contributed by atoms with van der Waals surface area (Å²) in [5.74, 6) is 1.12. The lowest BCUT2D eigenvalue weighted by atomic mass is 10.1. The van der Waals surface area contributed by atoms with Crippen LogP contribution in [0.25, 0.3) is 0 Å². The molecular formula is C32H36N4O4S. The molecule has 214 valence electrons. The Hall–Kier alpha value is -3.82. The molecule has 1 heterocycles. The van der Waals surface area contributed by atoms with E-state index < -0.39 is 0 Å². The van der Waals surface area contributed by atoms with Gasteiger partial charge in [0.25, 0.3) is 17.7 Å². The molecule has 8 nitrogen and oxygen atoms in total. The van der Waals surface area contributed by atoms with Crippen molar-refractivity contribution in [2.45, 2.75) is 56.0 Å².